The van der Waals surface area contributed by atoms with Crippen molar-refractivity contribution in [3.63, 3.8) is 0 Å². The fourth-order valence-corrected chi connectivity index (χ4v) is 4.34. The minimum absolute atomic E-state index is 0.0299. The van der Waals surface area contributed by atoms with Crippen molar-refractivity contribution in [3.05, 3.63) is 94.8 Å². The van der Waals surface area contributed by atoms with E-state index in [0.29, 0.717) is 5.56 Å². The summed E-state index contributed by atoms with van der Waals surface area (Å²) in [6.07, 6.45) is 5.19. The van der Waals surface area contributed by atoms with Gasteiger partial charge in [-0.3, -0.25) is 9.48 Å². The predicted molar refractivity (Wildman–Crippen MR) is 126 cm³/mol. The molecule has 0 saturated heterocycles. The van der Waals surface area contributed by atoms with Gasteiger partial charge in [0.25, 0.3) is 5.91 Å². The summed E-state index contributed by atoms with van der Waals surface area (Å²) in [6.45, 7) is 4.99. The second-order valence-electron chi connectivity index (χ2n) is 8.48. The van der Waals surface area contributed by atoms with E-state index in [1.54, 1.807) is 0 Å². The average molecular weight is 415 g/mol. The Hall–Kier alpha value is -3.34. The number of nitrogens with one attached hydrogen (secondary N) is 1. The van der Waals surface area contributed by atoms with Crippen LogP contribution in [-0.2, 0) is 6.54 Å². The fourth-order valence-electron chi connectivity index (χ4n) is 4.34. The van der Waals surface area contributed by atoms with Crippen LogP contribution in [0.5, 0.6) is 0 Å². The number of nitrogens with zero attached hydrogens (tertiary/aromatic N) is 3. The maximum atomic E-state index is 12.7. The number of hydrogen-bond donors (Lipinski definition) is 1. The SMILES string of the molecule is Cc1nn(Cc2ccccc2)c(C)c1[C@@H]1C=C[C@@H](NC(=O)c2ccc(N(C)C)cc2)C1. The number of benzene rings is 2. The van der Waals surface area contributed by atoms with Gasteiger partial charge in [-0.15, -0.1) is 0 Å². The normalized spacial score (nSPS) is 17.7. The maximum absolute atomic E-state index is 12.7. The highest BCUT2D eigenvalue weighted by Gasteiger charge is 2.27. The quantitative estimate of drug-likeness (QED) is 0.606. The molecule has 1 amide bonds. The molecule has 5 nitrogen and oxygen atoms in total. The second-order valence-corrected chi connectivity index (χ2v) is 8.48. The topological polar surface area (TPSA) is 50.2 Å². The van der Waals surface area contributed by atoms with Gasteiger partial charge in [-0.2, -0.15) is 5.10 Å². The molecule has 5 heteroatoms. The van der Waals surface area contributed by atoms with E-state index >= 15 is 0 Å². The average Bonchev–Trinajstić information content (AvgIpc) is 3.32. The molecule has 1 N–H and O–H groups in total. The van der Waals surface area contributed by atoms with Crippen LogP contribution in [0.2, 0.25) is 0 Å². The molecule has 1 aliphatic carbocycles. The van der Waals surface area contributed by atoms with Crippen molar-refractivity contribution in [3.8, 4) is 0 Å². The van der Waals surface area contributed by atoms with Crippen LogP contribution in [0.15, 0.2) is 66.7 Å². The summed E-state index contributed by atoms with van der Waals surface area (Å²) in [5.41, 5.74) is 6.55. The van der Waals surface area contributed by atoms with Crippen molar-refractivity contribution < 1.29 is 4.79 Å². The summed E-state index contributed by atoms with van der Waals surface area (Å²) in [4.78, 5) is 14.7. The molecule has 0 unspecified atom stereocenters. The highest BCUT2D eigenvalue weighted by molar-refractivity contribution is 5.94. The van der Waals surface area contributed by atoms with Crippen molar-refractivity contribution in [2.24, 2.45) is 0 Å². The molecule has 0 saturated carbocycles. The van der Waals surface area contributed by atoms with Gasteiger partial charge in [0, 0.05) is 48.6 Å². The first-order chi connectivity index (χ1) is 14.9. The lowest BCUT2D eigenvalue weighted by Gasteiger charge is -2.16. The summed E-state index contributed by atoms with van der Waals surface area (Å²) in [6, 6.07) is 18.1. The monoisotopic (exact) mass is 414 g/mol. The third-order valence-electron chi connectivity index (χ3n) is 6.03. The number of hydrogen-bond acceptors (Lipinski definition) is 3. The number of carbonyl (C=O) groups excluding carboxylic acids is 1. The lowest BCUT2D eigenvalue weighted by molar-refractivity contribution is 0.0944. The van der Waals surface area contributed by atoms with E-state index in [1.807, 2.05) is 49.3 Å². The fraction of sp³-hybridized carbons (Fsp3) is 0.308. The van der Waals surface area contributed by atoms with Gasteiger partial charge in [0.2, 0.25) is 0 Å². The minimum atomic E-state index is -0.0335. The van der Waals surface area contributed by atoms with Gasteiger partial charge in [0.1, 0.15) is 0 Å². The molecule has 1 aliphatic rings. The third kappa shape index (κ3) is 4.55. The van der Waals surface area contributed by atoms with E-state index in [4.69, 9.17) is 5.10 Å². The minimum Gasteiger partial charge on any atom is -0.378 e. The van der Waals surface area contributed by atoms with Crippen LogP contribution in [0.1, 0.15) is 45.2 Å². The zero-order valence-electron chi connectivity index (χ0n) is 18.7. The van der Waals surface area contributed by atoms with E-state index in [2.05, 4.69) is 60.3 Å². The number of allylic oxidation sites excluding steroid dienone is 1. The lowest BCUT2D eigenvalue weighted by atomic mass is 9.96. The molecular formula is C26H30N4O. The van der Waals surface area contributed by atoms with Crippen LogP contribution in [-0.4, -0.2) is 35.8 Å². The lowest BCUT2D eigenvalue weighted by Crippen LogP contribution is -2.32. The largest absolute Gasteiger partial charge is 0.378 e. The molecule has 31 heavy (non-hydrogen) atoms. The Balaban J connectivity index is 1.42. The van der Waals surface area contributed by atoms with Gasteiger partial charge in [-0.1, -0.05) is 42.5 Å². The van der Waals surface area contributed by atoms with Crippen molar-refractivity contribution in [1.29, 1.82) is 0 Å². The third-order valence-corrected chi connectivity index (χ3v) is 6.03. The molecule has 2 atom stereocenters. The van der Waals surface area contributed by atoms with Crippen molar-refractivity contribution in [2.45, 2.75) is 38.8 Å². The number of amides is 1. The molecular weight excluding hydrogens is 384 g/mol. The van der Waals surface area contributed by atoms with Crippen molar-refractivity contribution in [2.75, 3.05) is 19.0 Å². The molecule has 2 aromatic carbocycles. The Morgan fingerprint density at radius 1 is 1.06 bits per heavy atom. The Morgan fingerprint density at radius 2 is 1.77 bits per heavy atom. The molecule has 0 aliphatic heterocycles. The molecule has 3 aromatic rings. The molecule has 160 valence electrons. The highest BCUT2D eigenvalue weighted by Crippen LogP contribution is 2.33. The van der Waals surface area contributed by atoms with Gasteiger partial charge in [0.15, 0.2) is 0 Å². The van der Waals surface area contributed by atoms with Crippen molar-refractivity contribution in [1.82, 2.24) is 15.1 Å². The standard InChI is InChI=1S/C26H30N4O/c1-18-25(19(2)30(28-18)17-20-8-6-5-7-9-20)22-10-13-23(16-22)27-26(31)21-11-14-24(15-12-21)29(3)4/h5-15,22-23H,16-17H2,1-4H3,(H,27,31)/t22-,23-/m1/s1. The number of aryl methyl sites for hydroxylation is 1. The molecule has 0 radical (unpaired) electrons. The molecule has 0 bridgehead atoms. The van der Waals surface area contributed by atoms with Gasteiger partial charge >= 0.3 is 0 Å². The van der Waals surface area contributed by atoms with Crippen LogP contribution in [0.25, 0.3) is 0 Å². The Bertz CT molecular complexity index is 1080. The smallest absolute Gasteiger partial charge is 0.251 e. The Morgan fingerprint density at radius 3 is 2.45 bits per heavy atom. The van der Waals surface area contributed by atoms with Crippen LogP contribution in [0.3, 0.4) is 0 Å². The zero-order valence-corrected chi connectivity index (χ0v) is 18.7. The van der Waals surface area contributed by atoms with Gasteiger partial charge in [0.05, 0.1) is 12.2 Å². The van der Waals surface area contributed by atoms with Crippen LogP contribution in [0, 0.1) is 13.8 Å². The van der Waals surface area contributed by atoms with Crippen LogP contribution >= 0.6 is 0 Å². The van der Waals surface area contributed by atoms with Gasteiger partial charge < -0.3 is 10.2 Å². The molecule has 1 heterocycles. The van der Waals surface area contributed by atoms with Crippen LogP contribution in [0.4, 0.5) is 5.69 Å². The second kappa shape index (κ2) is 8.80. The summed E-state index contributed by atoms with van der Waals surface area (Å²) < 4.78 is 2.09. The highest BCUT2D eigenvalue weighted by atomic mass is 16.1. The van der Waals surface area contributed by atoms with E-state index in [1.165, 1.54) is 16.8 Å². The van der Waals surface area contributed by atoms with E-state index in [0.717, 1.165) is 24.3 Å². The van der Waals surface area contributed by atoms with Crippen molar-refractivity contribution >= 4 is 11.6 Å². The summed E-state index contributed by atoms with van der Waals surface area (Å²) in [5, 5.41) is 7.96. The summed E-state index contributed by atoms with van der Waals surface area (Å²) in [5.74, 6) is 0.236. The number of aromatic nitrogens is 2. The molecule has 4 rings (SSSR count). The first-order valence-corrected chi connectivity index (χ1v) is 10.8. The molecule has 1 aromatic heterocycles. The van der Waals surface area contributed by atoms with Gasteiger partial charge in [-0.05, 0) is 50.1 Å². The molecule has 0 fully saturated rings. The number of anilines is 1. The number of rotatable bonds is 6. The first-order valence-electron chi connectivity index (χ1n) is 10.8. The Kier molecular flexibility index (Phi) is 5.94. The first kappa shape index (κ1) is 20.9. The van der Waals surface area contributed by atoms with E-state index in [-0.39, 0.29) is 17.9 Å². The van der Waals surface area contributed by atoms with E-state index in [9.17, 15) is 4.79 Å². The number of carbonyl (C=O) groups is 1. The van der Waals surface area contributed by atoms with E-state index < -0.39 is 0 Å². The summed E-state index contributed by atoms with van der Waals surface area (Å²) >= 11 is 0. The summed E-state index contributed by atoms with van der Waals surface area (Å²) in [7, 11) is 3.98. The predicted octanol–water partition coefficient (Wildman–Crippen LogP) is 4.46. The maximum Gasteiger partial charge on any atom is 0.251 e. The van der Waals surface area contributed by atoms with Crippen LogP contribution < -0.4 is 10.2 Å². The Labute approximate surface area is 184 Å². The zero-order chi connectivity index (χ0) is 22.0. The molecule has 0 spiro atoms. The van der Waals surface area contributed by atoms with Gasteiger partial charge in [-0.25, -0.2) is 0 Å².